The third-order valence-electron chi connectivity index (χ3n) is 1.54. The first-order valence-electron chi connectivity index (χ1n) is 3.64. The van der Waals surface area contributed by atoms with Gasteiger partial charge in [-0.25, -0.2) is 0 Å². The van der Waals surface area contributed by atoms with Crippen molar-refractivity contribution in [1.82, 2.24) is 0 Å². The molecule has 0 fully saturated rings. The summed E-state index contributed by atoms with van der Waals surface area (Å²) < 4.78 is 0. The molecule has 0 spiro atoms. The van der Waals surface area contributed by atoms with E-state index >= 15 is 0 Å². The molecule has 0 aliphatic heterocycles. The van der Waals surface area contributed by atoms with Crippen molar-refractivity contribution < 1.29 is 9.90 Å². The van der Waals surface area contributed by atoms with Crippen molar-refractivity contribution in [3.05, 3.63) is 0 Å². The molecule has 2 nitrogen and oxygen atoms in total. The summed E-state index contributed by atoms with van der Waals surface area (Å²) in [5, 5.41) is 8.36. The van der Waals surface area contributed by atoms with Crippen LogP contribution in [0.2, 0.25) is 0 Å². The second-order valence-electron chi connectivity index (χ2n) is 2.17. The maximum absolute atomic E-state index is 10.1. The Labute approximate surface area is 75.5 Å². The Kier molecular flexibility index (Phi) is 10.4. The standard InChI is InChI=1S/C7H15O2P.ClH/c1-3-10(4-2)6-5-7(8)9;/h3-6H2,1-2H3,(H,8,9);1H. The van der Waals surface area contributed by atoms with Crippen LogP contribution in [0.3, 0.4) is 0 Å². The molecule has 68 valence electrons. The first-order valence-corrected chi connectivity index (χ1v) is 5.54. The number of rotatable bonds is 5. The summed E-state index contributed by atoms with van der Waals surface area (Å²) in [6, 6.07) is 0. The Morgan fingerprint density at radius 1 is 1.36 bits per heavy atom. The normalized spacial score (nSPS) is 9.36. The molecule has 0 aliphatic rings. The minimum atomic E-state index is -0.658. The van der Waals surface area contributed by atoms with Gasteiger partial charge >= 0.3 is 5.97 Å². The highest BCUT2D eigenvalue weighted by atomic mass is 35.5. The molecule has 0 aliphatic carbocycles. The Balaban J connectivity index is 0. The Morgan fingerprint density at radius 2 is 1.82 bits per heavy atom. The number of carbonyl (C=O) groups is 1. The largest absolute Gasteiger partial charge is 0.481 e. The summed E-state index contributed by atoms with van der Waals surface area (Å²) in [6.07, 6.45) is 3.59. The molecule has 0 atom stereocenters. The van der Waals surface area contributed by atoms with Crippen molar-refractivity contribution in [3.63, 3.8) is 0 Å². The molecule has 4 heteroatoms. The monoisotopic (exact) mass is 198 g/mol. The van der Waals surface area contributed by atoms with E-state index in [0.717, 1.165) is 6.16 Å². The summed E-state index contributed by atoms with van der Waals surface area (Å²) in [4.78, 5) is 10.1. The van der Waals surface area contributed by atoms with Crippen molar-refractivity contribution in [2.75, 3.05) is 18.5 Å². The van der Waals surface area contributed by atoms with Gasteiger partial charge < -0.3 is 5.11 Å². The molecule has 0 bridgehead atoms. The molecular weight excluding hydrogens is 183 g/mol. The number of hydrogen-bond donors (Lipinski definition) is 1. The molecule has 0 aromatic rings. The van der Waals surface area contributed by atoms with Crippen molar-refractivity contribution in [1.29, 1.82) is 0 Å². The van der Waals surface area contributed by atoms with E-state index in [1.165, 1.54) is 12.3 Å². The van der Waals surface area contributed by atoms with E-state index in [2.05, 4.69) is 13.8 Å². The van der Waals surface area contributed by atoms with Gasteiger partial charge in [-0.2, -0.15) is 0 Å². The van der Waals surface area contributed by atoms with Crippen LogP contribution in [0.4, 0.5) is 0 Å². The van der Waals surface area contributed by atoms with Crippen LogP contribution in [0.5, 0.6) is 0 Å². The SMILES string of the molecule is CCP(CC)CCC(=O)O.Cl. The zero-order valence-electron chi connectivity index (χ0n) is 7.04. The summed E-state index contributed by atoms with van der Waals surface area (Å²) in [5.41, 5.74) is 0. The molecule has 0 saturated heterocycles. The van der Waals surface area contributed by atoms with Crippen LogP contribution in [-0.4, -0.2) is 29.6 Å². The van der Waals surface area contributed by atoms with Gasteiger partial charge in [0.2, 0.25) is 0 Å². The number of carboxylic acid groups (broad SMARTS) is 1. The molecule has 1 N–H and O–H groups in total. The average Bonchev–Trinajstić information content (AvgIpc) is 1.90. The first-order chi connectivity index (χ1) is 4.70. The van der Waals surface area contributed by atoms with Gasteiger partial charge in [0.25, 0.3) is 0 Å². The van der Waals surface area contributed by atoms with Gasteiger partial charge in [0.05, 0.1) is 0 Å². The average molecular weight is 199 g/mol. The lowest BCUT2D eigenvalue weighted by Gasteiger charge is -2.09. The lowest BCUT2D eigenvalue weighted by Crippen LogP contribution is -1.99. The lowest BCUT2D eigenvalue weighted by molar-refractivity contribution is -0.136. The van der Waals surface area contributed by atoms with Crippen molar-refractivity contribution >= 4 is 26.3 Å². The zero-order chi connectivity index (χ0) is 7.98. The molecule has 11 heavy (non-hydrogen) atoms. The Hall–Kier alpha value is 0.190. The van der Waals surface area contributed by atoms with Crippen molar-refractivity contribution in [2.24, 2.45) is 0 Å². The van der Waals surface area contributed by atoms with Gasteiger partial charge in [-0.15, -0.1) is 20.3 Å². The molecule has 0 saturated carbocycles. The van der Waals surface area contributed by atoms with E-state index in [-0.39, 0.29) is 20.3 Å². The van der Waals surface area contributed by atoms with Crippen molar-refractivity contribution in [3.8, 4) is 0 Å². The third kappa shape index (κ3) is 8.09. The fourth-order valence-corrected chi connectivity index (χ4v) is 2.38. The number of carboxylic acids is 1. The topological polar surface area (TPSA) is 37.3 Å². The van der Waals surface area contributed by atoms with Crippen LogP contribution >= 0.6 is 20.3 Å². The smallest absolute Gasteiger partial charge is 0.303 e. The van der Waals surface area contributed by atoms with Gasteiger partial charge in [0.1, 0.15) is 0 Å². The van der Waals surface area contributed by atoms with Crippen LogP contribution in [0, 0.1) is 0 Å². The highest BCUT2D eigenvalue weighted by molar-refractivity contribution is 7.57. The summed E-state index contributed by atoms with van der Waals surface area (Å²) >= 11 is 0. The van der Waals surface area contributed by atoms with Crippen LogP contribution in [0.15, 0.2) is 0 Å². The fourth-order valence-electron chi connectivity index (χ4n) is 0.794. The van der Waals surface area contributed by atoms with Gasteiger partial charge in [-0.1, -0.05) is 13.8 Å². The van der Waals surface area contributed by atoms with E-state index in [1.54, 1.807) is 0 Å². The van der Waals surface area contributed by atoms with E-state index in [0.29, 0.717) is 6.42 Å². The van der Waals surface area contributed by atoms with Crippen LogP contribution in [-0.2, 0) is 4.79 Å². The van der Waals surface area contributed by atoms with Crippen molar-refractivity contribution in [2.45, 2.75) is 20.3 Å². The summed E-state index contributed by atoms with van der Waals surface area (Å²) in [5.74, 6) is -0.658. The lowest BCUT2D eigenvalue weighted by atomic mass is 10.5. The van der Waals surface area contributed by atoms with Gasteiger partial charge in [0, 0.05) is 6.42 Å². The van der Waals surface area contributed by atoms with Crippen LogP contribution in [0.25, 0.3) is 0 Å². The maximum Gasteiger partial charge on any atom is 0.303 e. The minimum Gasteiger partial charge on any atom is -0.481 e. The minimum absolute atomic E-state index is 0. The van der Waals surface area contributed by atoms with E-state index < -0.39 is 5.97 Å². The van der Waals surface area contributed by atoms with E-state index in [1.807, 2.05) is 0 Å². The maximum atomic E-state index is 10.1. The number of hydrogen-bond acceptors (Lipinski definition) is 1. The summed E-state index contributed by atoms with van der Waals surface area (Å²) in [6.45, 7) is 4.27. The predicted octanol–water partition coefficient (Wildman–Crippen LogP) is 2.40. The summed E-state index contributed by atoms with van der Waals surface area (Å²) in [7, 11) is 0.0304. The van der Waals surface area contributed by atoms with E-state index in [9.17, 15) is 4.79 Å². The molecule has 0 aromatic heterocycles. The molecule has 0 aromatic carbocycles. The molecule has 0 radical (unpaired) electrons. The quantitative estimate of drug-likeness (QED) is 0.689. The second kappa shape index (κ2) is 8.29. The van der Waals surface area contributed by atoms with Crippen LogP contribution in [0.1, 0.15) is 20.3 Å². The van der Waals surface area contributed by atoms with E-state index in [4.69, 9.17) is 5.11 Å². The zero-order valence-corrected chi connectivity index (χ0v) is 8.75. The fraction of sp³-hybridized carbons (Fsp3) is 0.857. The highest BCUT2D eigenvalue weighted by Crippen LogP contribution is 2.34. The molecular formula is C7H16ClO2P. The van der Waals surface area contributed by atoms with Gasteiger partial charge in [-0.05, 0) is 18.5 Å². The molecule has 0 rings (SSSR count). The number of halogens is 1. The number of aliphatic carboxylic acids is 1. The van der Waals surface area contributed by atoms with Gasteiger partial charge in [-0.3, -0.25) is 4.79 Å². The molecule has 0 heterocycles. The van der Waals surface area contributed by atoms with Gasteiger partial charge in [0.15, 0.2) is 0 Å². The molecule has 0 unspecified atom stereocenters. The highest BCUT2D eigenvalue weighted by Gasteiger charge is 2.04. The Morgan fingerprint density at radius 3 is 2.09 bits per heavy atom. The Bertz CT molecular complexity index is 105. The molecule has 0 amide bonds. The third-order valence-corrected chi connectivity index (χ3v) is 4.18. The second-order valence-corrected chi connectivity index (χ2v) is 5.22. The first kappa shape index (κ1) is 13.8. The predicted molar refractivity (Wildman–Crippen MR) is 52.4 cm³/mol. The van der Waals surface area contributed by atoms with Crippen LogP contribution < -0.4 is 0 Å².